The van der Waals surface area contributed by atoms with Gasteiger partial charge in [-0.05, 0) is 0 Å². The first-order chi connectivity index (χ1) is 9.49. The van der Waals surface area contributed by atoms with E-state index in [2.05, 4.69) is 4.74 Å². The van der Waals surface area contributed by atoms with Crippen LogP contribution < -0.4 is 14.2 Å². The summed E-state index contributed by atoms with van der Waals surface area (Å²) in [6.07, 6.45) is 0. The van der Waals surface area contributed by atoms with Gasteiger partial charge in [-0.2, -0.15) is 0 Å². The SMILES string of the molecule is COC(=O)C(=O)C(Cl)c1c(OC)cc(OC)cc1OC. The molecule has 1 unspecified atom stereocenters. The summed E-state index contributed by atoms with van der Waals surface area (Å²) in [6.45, 7) is 0. The first kappa shape index (κ1) is 16.1. The Bertz CT molecular complexity index is 489. The number of esters is 1. The van der Waals surface area contributed by atoms with Crippen molar-refractivity contribution in [3.8, 4) is 17.2 Å². The van der Waals surface area contributed by atoms with Crippen LogP contribution in [0.15, 0.2) is 12.1 Å². The van der Waals surface area contributed by atoms with E-state index in [1.807, 2.05) is 0 Å². The normalized spacial score (nSPS) is 11.4. The molecule has 0 radical (unpaired) electrons. The molecule has 7 heteroatoms. The molecule has 0 saturated carbocycles. The van der Waals surface area contributed by atoms with E-state index in [0.29, 0.717) is 5.75 Å². The zero-order valence-corrected chi connectivity index (χ0v) is 12.3. The lowest BCUT2D eigenvalue weighted by Crippen LogP contribution is -2.21. The smallest absolute Gasteiger partial charge is 0.376 e. The van der Waals surface area contributed by atoms with E-state index in [1.54, 1.807) is 0 Å². The molecule has 110 valence electrons. The Hall–Kier alpha value is -1.95. The fourth-order valence-electron chi connectivity index (χ4n) is 1.62. The summed E-state index contributed by atoms with van der Waals surface area (Å²) in [4.78, 5) is 23.1. The number of benzene rings is 1. The number of ether oxygens (including phenoxy) is 4. The minimum atomic E-state index is -1.28. The van der Waals surface area contributed by atoms with Gasteiger partial charge in [0.2, 0.25) is 0 Å². The standard InChI is InChI=1S/C13H15ClO6/c1-17-7-5-8(18-2)10(9(6-7)19-3)11(14)12(15)13(16)20-4/h5-6,11H,1-4H3. The maximum atomic E-state index is 11.8. The summed E-state index contributed by atoms with van der Waals surface area (Å²) in [6, 6.07) is 3.08. The van der Waals surface area contributed by atoms with Crippen LogP contribution in [-0.4, -0.2) is 40.2 Å². The van der Waals surface area contributed by atoms with Gasteiger partial charge in [0, 0.05) is 12.1 Å². The molecular weight excluding hydrogens is 288 g/mol. The Morgan fingerprint density at radius 1 is 1.00 bits per heavy atom. The van der Waals surface area contributed by atoms with Gasteiger partial charge in [0.15, 0.2) is 0 Å². The van der Waals surface area contributed by atoms with Gasteiger partial charge in [-0.3, -0.25) is 4.79 Å². The molecule has 20 heavy (non-hydrogen) atoms. The lowest BCUT2D eigenvalue weighted by Gasteiger charge is -2.17. The van der Waals surface area contributed by atoms with E-state index < -0.39 is 17.1 Å². The predicted molar refractivity (Wildman–Crippen MR) is 71.7 cm³/mol. The van der Waals surface area contributed by atoms with Crippen LogP contribution in [-0.2, 0) is 14.3 Å². The van der Waals surface area contributed by atoms with Gasteiger partial charge in [-0.15, -0.1) is 11.6 Å². The van der Waals surface area contributed by atoms with Crippen molar-refractivity contribution in [2.75, 3.05) is 28.4 Å². The molecular formula is C13H15ClO6. The molecule has 1 rings (SSSR count). The average Bonchev–Trinajstić information content (AvgIpc) is 2.50. The first-order valence-electron chi connectivity index (χ1n) is 5.56. The van der Waals surface area contributed by atoms with Crippen LogP contribution in [0.5, 0.6) is 17.2 Å². The van der Waals surface area contributed by atoms with Gasteiger partial charge in [-0.1, -0.05) is 0 Å². The summed E-state index contributed by atoms with van der Waals surface area (Å²) in [7, 11) is 5.39. The number of ketones is 1. The Labute approximate surface area is 121 Å². The third-order valence-electron chi connectivity index (χ3n) is 2.62. The van der Waals surface area contributed by atoms with Gasteiger partial charge >= 0.3 is 5.97 Å². The molecule has 1 aromatic rings. The highest BCUT2D eigenvalue weighted by molar-refractivity contribution is 6.47. The van der Waals surface area contributed by atoms with Gasteiger partial charge in [0.05, 0.1) is 34.0 Å². The van der Waals surface area contributed by atoms with Crippen molar-refractivity contribution in [3.05, 3.63) is 17.7 Å². The maximum Gasteiger partial charge on any atom is 0.376 e. The van der Waals surface area contributed by atoms with Gasteiger partial charge < -0.3 is 18.9 Å². The zero-order valence-electron chi connectivity index (χ0n) is 11.6. The number of Topliss-reactive ketones (excluding diaryl/α,β-unsaturated/α-hetero) is 1. The van der Waals surface area contributed by atoms with Crippen LogP contribution in [0.3, 0.4) is 0 Å². The zero-order chi connectivity index (χ0) is 15.3. The molecule has 1 atom stereocenters. The monoisotopic (exact) mass is 302 g/mol. The molecule has 0 amide bonds. The molecule has 0 aliphatic carbocycles. The summed E-state index contributed by atoms with van der Waals surface area (Å²) < 4.78 is 19.8. The molecule has 0 aromatic heterocycles. The number of carbonyl (C=O) groups is 2. The van der Waals surface area contributed by atoms with Crippen molar-refractivity contribution >= 4 is 23.4 Å². The highest BCUT2D eigenvalue weighted by Crippen LogP contribution is 2.41. The minimum Gasteiger partial charge on any atom is -0.496 e. The Morgan fingerprint density at radius 3 is 1.85 bits per heavy atom. The van der Waals surface area contributed by atoms with Crippen molar-refractivity contribution in [1.82, 2.24) is 0 Å². The number of methoxy groups -OCH3 is 4. The second kappa shape index (κ2) is 7.00. The fourth-order valence-corrected chi connectivity index (χ4v) is 1.92. The summed E-state index contributed by atoms with van der Waals surface area (Å²) in [5.41, 5.74) is 0.243. The quantitative estimate of drug-likeness (QED) is 0.453. The summed E-state index contributed by atoms with van der Waals surface area (Å²) >= 11 is 6.04. The van der Waals surface area contributed by atoms with E-state index in [-0.39, 0.29) is 17.1 Å². The number of alkyl halides is 1. The molecule has 0 N–H and O–H groups in total. The van der Waals surface area contributed by atoms with Crippen molar-refractivity contribution in [2.24, 2.45) is 0 Å². The fraction of sp³-hybridized carbons (Fsp3) is 0.385. The molecule has 0 aliphatic rings. The molecule has 6 nitrogen and oxygen atoms in total. The van der Waals surface area contributed by atoms with Gasteiger partial charge in [0.1, 0.15) is 22.6 Å². The molecule has 0 heterocycles. The van der Waals surface area contributed by atoms with Crippen molar-refractivity contribution in [3.63, 3.8) is 0 Å². The lowest BCUT2D eigenvalue weighted by atomic mass is 10.1. The van der Waals surface area contributed by atoms with E-state index >= 15 is 0 Å². The largest absolute Gasteiger partial charge is 0.496 e. The van der Waals surface area contributed by atoms with Crippen molar-refractivity contribution in [1.29, 1.82) is 0 Å². The van der Waals surface area contributed by atoms with E-state index in [9.17, 15) is 9.59 Å². The lowest BCUT2D eigenvalue weighted by molar-refractivity contribution is -0.151. The molecule has 0 fully saturated rings. The van der Waals surface area contributed by atoms with Crippen molar-refractivity contribution in [2.45, 2.75) is 5.38 Å². The number of halogens is 1. The Morgan fingerprint density at radius 2 is 1.50 bits per heavy atom. The maximum absolute atomic E-state index is 11.8. The van der Waals surface area contributed by atoms with Crippen LogP contribution in [0.2, 0.25) is 0 Å². The molecule has 0 saturated heterocycles. The third kappa shape index (κ3) is 3.14. The van der Waals surface area contributed by atoms with Gasteiger partial charge in [-0.25, -0.2) is 4.79 Å². The predicted octanol–water partition coefficient (Wildman–Crippen LogP) is 1.73. The first-order valence-corrected chi connectivity index (χ1v) is 5.99. The number of hydrogen-bond donors (Lipinski definition) is 0. The van der Waals surface area contributed by atoms with Crippen LogP contribution in [0.4, 0.5) is 0 Å². The minimum absolute atomic E-state index is 0.243. The second-order valence-electron chi connectivity index (χ2n) is 3.66. The van der Waals surface area contributed by atoms with Crippen LogP contribution in [0.1, 0.15) is 10.9 Å². The molecule has 0 spiro atoms. The molecule has 1 aromatic carbocycles. The second-order valence-corrected chi connectivity index (χ2v) is 4.10. The summed E-state index contributed by atoms with van der Waals surface area (Å²) in [5.74, 6) is -0.922. The van der Waals surface area contributed by atoms with Crippen LogP contribution >= 0.6 is 11.6 Å². The van der Waals surface area contributed by atoms with E-state index in [1.165, 1.54) is 33.5 Å². The summed E-state index contributed by atoms with van der Waals surface area (Å²) in [5, 5.41) is -1.28. The van der Waals surface area contributed by atoms with E-state index in [0.717, 1.165) is 7.11 Å². The Balaban J connectivity index is 3.34. The molecule has 0 bridgehead atoms. The van der Waals surface area contributed by atoms with Crippen LogP contribution in [0.25, 0.3) is 0 Å². The third-order valence-corrected chi connectivity index (χ3v) is 3.04. The average molecular weight is 303 g/mol. The topological polar surface area (TPSA) is 71.1 Å². The number of hydrogen-bond acceptors (Lipinski definition) is 6. The molecule has 0 aliphatic heterocycles. The van der Waals surface area contributed by atoms with Crippen LogP contribution in [0, 0.1) is 0 Å². The number of rotatable bonds is 6. The van der Waals surface area contributed by atoms with Crippen molar-refractivity contribution < 1.29 is 28.5 Å². The highest BCUT2D eigenvalue weighted by Gasteiger charge is 2.31. The number of carbonyl (C=O) groups excluding carboxylic acids is 2. The van der Waals surface area contributed by atoms with E-state index in [4.69, 9.17) is 25.8 Å². The Kier molecular flexibility index (Phi) is 5.64. The highest BCUT2D eigenvalue weighted by atomic mass is 35.5. The van der Waals surface area contributed by atoms with Gasteiger partial charge in [0.25, 0.3) is 5.78 Å².